The van der Waals surface area contributed by atoms with Crippen molar-refractivity contribution >= 4 is 57.5 Å². The van der Waals surface area contributed by atoms with Gasteiger partial charge in [0.15, 0.2) is 0 Å². The minimum absolute atomic E-state index is 0.314. The van der Waals surface area contributed by atoms with Crippen molar-refractivity contribution in [1.29, 1.82) is 0 Å². The highest BCUT2D eigenvalue weighted by Gasteiger charge is 2.25. The first-order chi connectivity index (χ1) is 11.4. The van der Waals surface area contributed by atoms with Crippen molar-refractivity contribution in [3.63, 3.8) is 0 Å². The molecule has 0 atom stereocenters. The molecule has 0 fully saturated rings. The molecule has 0 unspecified atom stereocenters. The quantitative estimate of drug-likeness (QED) is 0.478. The van der Waals surface area contributed by atoms with Crippen LogP contribution < -0.4 is 0 Å². The fourth-order valence-electron chi connectivity index (χ4n) is 2.78. The molecule has 5 heteroatoms. The van der Waals surface area contributed by atoms with E-state index in [1.54, 1.807) is 36.8 Å². The van der Waals surface area contributed by atoms with E-state index in [0.717, 1.165) is 16.7 Å². The lowest BCUT2D eigenvalue weighted by atomic mass is 9.83. The van der Waals surface area contributed by atoms with E-state index in [1.807, 2.05) is 13.0 Å². The maximum absolute atomic E-state index is 14.7. The molecule has 24 heavy (non-hydrogen) atoms. The first-order valence-corrected chi connectivity index (χ1v) is 8.73. The molecule has 1 radical (unpaired) electrons. The van der Waals surface area contributed by atoms with Crippen molar-refractivity contribution in [3.8, 4) is 0 Å². The van der Waals surface area contributed by atoms with Gasteiger partial charge in [0.2, 0.25) is 0 Å². The van der Waals surface area contributed by atoms with Gasteiger partial charge in [-0.05, 0) is 48.7 Å². The molecule has 2 aromatic rings. The summed E-state index contributed by atoms with van der Waals surface area (Å²) in [4.78, 5) is 0. The predicted octanol–water partition coefficient (Wildman–Crippen LogP) is 8.06. The van der Waals surface area contributed by atoms with E-state index in [-0.39, 0.29) is 5.83 Å². The van der Waals surface area contributed by atoms with Gasteiger partial charge in [0, 0.05) is 27.6 Å². The van der Waals surface area contributed by atoms with E-state index in [0.29, 0.717) is 37.6 Å². The summed E-state index contributed by atoms with van der Waals surface area (Å²) in [6.07, 6.45) is 2.08. The van der Waals surface area contributed by atoms with Crippen LogP contribution in [0.15, 0.2) is 47.8 Å². The first-order valence-electron chi connectivity index (χ1n) is 7.22. The van der Waals surface area contributed by atoms with Gasteiger partial charge >= 0.3 is 0 Å². The van der Waals surface area contributed by atoms with Crippen LogP contribution in [0.25, 0.3) is 11.1 Å². The Hall–Kier alpha value is -0.990. The zero-order chi connectivity index (χ0) is 17.4. The van der Waals surface area contributed by atoms with E-state index in [1.165, 1.54) is 0 Å². The van der Waals surface area contributed by atoms with Crippen LogP contribution in [0.2, 0.25) is 20.1 Å². The number of allylic oxidation sites excluding steroid dienone is 4. The summed E-state index contributed by atoms with van der Waals surface area (Å²) in [5, 5.41) is 1.78. The Bertz CT molecular complexity index is 881. The Morgan fingerprint density at radius 2 is 1.58 bits per heavy atom. The summed E-state index contributed by atoms with van der Waals surface area (Å²) in [5.41, 5.74) is 3.63. The van der Waals surface area contributed by atoms with Crippen molar-refractivity contribution in [2.24, 2.45) is 0 Å². The largest absolute Gasteiger partial charge is 0.211 e. The Balaban J connectivity index is 2.23. The second-order valence-corrected chi connectivity index (χ2v) is 7.20. The van der Waals surface area contributed by atoms with E-state index in [2.05, 4.69) is 0 Å². The normalized spacial score (nSPS) is 15.2. The fourth-order valence-corrected chi connectivity index (χ4v) is 3.58. The Morgan fingerprint density at radius 1 is 0.833 bits per heavy atom. The highest BCUT2D eigenvalue weighted by Crippen LogP contribution is 2.45. The third-order valence-electron chi connectivity index (χ3n) is 3.91. The molecule has 0 saturated heterocycles. The highest BCUT2D eigenvalue weighted by atomic mass is 35.5. The molecule has 0 saturated carbocycles. The smallest absolute Gasteiger partial charge is 0.112 e. The van der Waals surface area contributed by atoms with Crippen LogP contribution in [0.1, 0.15) is 24.5 Å². The third kappa shape index (κ3) is 3.36. The molecule has 3 rings (SSSR count). The van der Waals surface area contributed by atoms with Gasteiger partial charge in [-0.25, -0.2) is 4.39 Å². The molecule has 0 spiro atoms. The van der Waals surface area contributed by atoms with Crippen LogP contribution in [-0.4, -0.2) is 0 Å². The summed E-state index contributed by atoms with van der Waals surface area (Å²) < 4.78 is 14.7. The van der Waals surface area contributed by atoms with E-state index < -0.39 is 0 Å². The average molecular weight is 401 g/mol. The Kier molecular flexibility index (Phi) is 5.27. The molecule has 0 nitrogen and oxygen atoms in total. The van der Waals surface area contributed by atoms with E-state index in [9.17, 15) is 4.39 Å². The molecule has 0 heterocycles. The number of halogens is 5. The lowest BCUT2D eigenvalue weighted by Gasteiger charge is -2.23. The Morgan fingerprint density at radius 3 is 2.25 bits per heavy atom. The van der Waals surface area contributed by atoms with Crippen molar-refractivity contribution in [2.45, 2.75) is 13.3 Å². The summed E-state index contributed by atoms with van der Waals surface area (Å²) >= 11 is 24.4. The fraction of sp³-hybridized carbons (Fsp3) is 0.105. The topological polar surface area (TPSA) is 0 Å². The molecule has 1 aliphatic carbocycles. The second kappa shape index (κ2) is 7.09. The molecule has 1 aliphatic rings. The molecule has 0 amide bonds. The number of rotatable bonds is 2. The van der Waals surface area contributed by atoms with Gasteiger partial charge in [0.05, 0.1) is 10.0 Å². The van der Waals surface area contributed by atoms with Crippen LogP contribution >= 0.6 is 46.4 Å². The number of hydrogen-bond acceptors (Lipinski definition) is 0. The number of hydrogen-bond donors (Lipinski definition) is 0. The van der Waals surface area contributed by atoms with Crippen LogP contribution in [0, 0.1) is 6.42 Å². The summed E-state index contributed by atoms with van der Waals surface area (Å²) in [6, 6.07) is 10.3. The van der Waals surface area contributed by atoms with Crippen LogP contribution in [-0.2, 0) is 0 Å². The molecule has 0 aromatic heterocycles. The maximum atomic E-state index is 14.7. The predicted molar refractivity (Wildman–Crippen MR) is 102 cm³/mol. The lowest BCUT2D eigenvalue weighted by molar-refractivity contribution is 0.643. The number of benzene rings is 2. The van der Waals surface area contributed by atoms with Crippen LogP contribution in [0.3, 0.4) is 0 Å². The Labute approximate surface area is 160 Å². The molecule has 2 aromatic carbocycles. The van der Waals surface area contributed by atoms with Crippen molar-refractivity contribution in [1.82, 2.24) is 0 Å². The molecular formula is C19H12Cl4F. The minimum atomic E-state index is -0.314. The summed E-state index contributed by atoms with van der Waals surface area (Å²) in [7, 11) is 0. The monoisotopic (exact) mass is 399 g/mol. The van der Waals surface area contributed by atoms with E-state index in [4.69, 9.17) is 46.4 Å². The van der Waals surface area contributed by atoms with Gasteiger partial charge in [0.1, 0.15) is 5.83 Å². The summed E-state index contributed by atoms with van der Waals surface area (Å²) in [5.74, 6) is -0.314. The highest BCUT2D eigenvalue weighted by molar-refractivity contribution is 6.42. The molecule has 123 valence electrons. The molecule has 0 bridgehead atoms. The van der Waals surface area contributed by atoms with Gasteiger partial charge in [-0.15, -0.1) is 0 Å². The van der Waals surface area contributed by atoms with Gasteiger partial charge in [-0.2, -0.15) is 0 Å². The molecular weight excluding hydrogens is 389 g/mol. The van der Waals surface area contributed by atoms with Gasteiger partial charge in [0.25, 0.3) is 0 Å². The van der Waals surface area contributed by atoms with Gasteiger partial charge in [-0.3, -0.25) is 0 Å². The van der Waals surface area contributed by atoms with Crippen molar-refractivity contribution < 1.29 is 4.39 Å². The summed E-state index contributed by atoms with van der Waals surface area (Å²) in [6.45, 7) is 1.96. The SMILES string of the molecule is CC1=C(c2ccc(Cl)c(Cl)c2)C(c2ccc(Cl)cc2Cl)=C(F)[CH]C1. The third-order valence-corrected chi connectivity index (χ3v) is 5.20. The maximum Gasteiger partial charge on any atom is 0.112 e. The zero-order valence-electron chi connectivity index (χ0n) is 12.6. The van der Waals surface area contributed by atoms with Crippen LogP contribution in [0.5, 0.6) is 0 Å². The standard InChI is InChI=1S/C19H12Cl4F/c1-10-2-7-17(24)19(13-5-4-12(20)9-15(13)22)18(10)11-3-6-14(21)16(23)8-11/h3-9H,2H2,1H3. The average Bonchev–Trinajstić information content (AvgIpc) is 2.53. The zero-order valence-corrected chi connectivity index (χ0v) is 15.7. The van der Waals surface area contributed by atoms with Gasteiger partial charge < -0.3 is 0 Å². The lowest BCUT2D eigenvalue weighted by Crippen LogP contribution is -2.03. The minimum Gasteiger partial charge on any atom is -0.211 e. The second-order valence-electron chi connectivity index (χ2n) is 5.54. The van der Waals surface area contributed by atoms with Crippen molar-refractivity contribution in [2.75, 3.05) is 0 Å². The van der Waals surface area contributed by atoms with E-state index >= 15 is 0 Å². The van der Waals surface area contributed by atoms with Crippen LogP contribution in [0.4, 0.5) is 4.39 Å². The van der Waals surface area contributed by atoms with Crippen molar-refractivity contribution in [3.05, 3.63) is 85.4 Å². The van der Waals surface area contributed by atoms with Gasteiger partial charge in [-0.1, -0.05) is 64.1 Å². The first kappa shape index (κ1) is 17.8. The molecule has 0 N–H and O–H groups in total. The molecule has 0 aliphatic heterocycles.